The van der Waals surface area contributed by atoms with Gasteiger partial charge in [0.25, 0.3) is 0 Å². The van der Waals surface area contributed by atoms with Gasteiger partial charge in [-0.2, -0.15) is 10.2 Å². The topological polar surface area (TPSA) is 72.1 Å². The van der Waals surface area contributed by atoms with E-state index in [4.69, 9.17) is 5.10 Å². The van der Waals surface area contributed by atoms with Gasteiger partial charge in [0.15, 0.2) is 5.82 Å². The highest BCUT2D eigenvalue weighted by Gasteiger charge is 2.33. The number of nitrogens with zero attached hydrogens (tertiary/aromatic N) is 7. The van der Waals surface area contributed by atoms with E-state index in [1.54, 1.807) is 13.1 Å². The smallest absolute Gasteiger partial charge is 0.224 e. The molecule has 0 spiro atoms. The van der Waals surface area contributed by atoms with Gasteiger partial charge >= 0.3 is 0 Å². The SMILES string of the molecule is CC(=O)N1c2ccc(-c3cnn(C4CC4)c3)cc2N(c2nn(C)c3cnccc23)CC1C. The molecule has 0 saturated heterocycles. The first-order valence-corrected chi connectivity index (χ1v) is 11.0. The largest absolute Gasteiger partial charge is 0.320 e. The Morgan fingerprint density at radius 1 is 1.09 bits per heavy atom. The Morgan fingerprint density at radius 2 is 1.94 bits per heavy atom. The van der Waals surface area contributed by atoms with Crippen molar-refractivity contribution in [2.45, 2.75) is 38.8 Å². The minimum atomic E-state index is 0.0161. The third-order valence-electron chi connectivity index (χ3n) is 6.50. The number of anilines is 3. The number of aryl methyl sites for hydroxylation is 1. The van der Waals surface area contributed by atoms with Gasteiger partial charge in [0, 0.05) is 43.9 Å². The standard InChI is InChI=1S/C24H25N7O/c1-15-13-29(24-20-8-9-25-12-23(20)28(3)27-24)22-10-17(4-7-21(22)31(15)16(2)32)18-11-26-30(14-18)19-5-6-19/h4,7-12,14-15,19H,5-6,13H2,1-3H3. The molecule has 4 heterocycles. The van der Waals surface area contributed by atoms with Gasteiger partial charge in [-0.3, -0.25) is 19.1 Å². The van der Waals surface area contributed by atoms with Crippen LogP contribution in [-0.4, -0.2) is 43.0 Å². The molecule has 162 valence electrons. The van der Waals surface area contributed by atoms with Crippen molar-refractivity contribution in [3.63, 3.8) is 0 Å². The lowest BCUT2D eigenvalue weighted by Gasteiger charge is -2.41. The quantitative estimate of drug-likeness (QED) is 0.493. The zero-order chi connectivity index (χ0) is 22.0. The maximum atomic E-state index is 12.5. The molecule has 8 heteroatoms. The molecule has 0 N–H and O–H groups in total. The summed E-state index contributed by atoms with van der Waals surface area (Å²) in [5.74, 6) is 0.926. The highest BCUT2D eigenvalue weighted by molar-refractivity contribution is 6.01. The molecule has 1 aromatic carbocycles. The summed E-state index contributed by atoms with van der Waals surface area (Å²) in [4.78, 5) is 20.9. The number of carbonyl (C=O) groups is 1. The Balaban J connectivity index is 1.52. The van der Waals surface area contributed by atoms with Crippen molar-refractivity contribution in [2.24, 2.45) is 7.05 Å². The first-order valence-electron chi connectivity index (χ1n) is 11.0. The first-order chi connectivity index (χ1) is 15.5. The number of pyridine rings is 1. The molecule has 1 amide bonds. The molecule has 1 atom stereocenters. The predicted octanol–water partition coefficient (Wildman–Crippen LogP) is 4.06. The summed E-state index contributed by atoms with van der Waals surface area (Å²) in [6.07, 6.45) is 10.1. The van der Waals surface area contributed by atoms with Gasteiger partial charge in [-0.15, -0.1) is 0 Å². The summed E-state index contributed by atoms with van der Waals surface area (Å²) in [5, 5.41) is 10.4. The number of amides is 1. The van der Waals surface area contributed by atoms with Gasteiger partial charge in [0.2, 0.25) is 5.91 Å². The number of carbonyl (C=O) groups excluding carboxylic acids is 1. The molecule has 1 fully saturated rings. The average Bonchev–Trinajstić information content (AvgIpc) is 3.42. The molecule has 0 radical (unpaired) electrons. The van der Waals surface area contributed by atoms with Crippen molar-refractivity contribution in [3.05, 3.63) is 49.1 Å². The van der Waals surface area contributed by atoms with Gasteiger partial charge in [0.05, 0.1) is 41.4 Å². The van der Waals surface area contributed by atoms with E-state index in [0.29, 0.717) is 12.6 Å². The van der Waals surface area contributed by atoms with Gasteiger partial charge in [0.1, 0.15) is 0 Å². The van der Waals surface area contributed by atoms with Crippen molar-refractivity contribution in [3.8, 4) is 11.1 Å². The Hall–Kier alpha value is -3.68. The molecule has 1 aliphatic heterocycles. The highest BCUT2D eigenvalue weighted by atomic mass is 16.2. The second kappa shape index (κ2) is 6.91. The summed E-state index contributed by atoms with van der Waals surface area (Å²) >= 11 is 0. The van der Waals surface area contributed by atoms with Crippen LogP contribution in [-0.2, 0) is 11.8 Å². The summed E-state index contributed by atoms with van der Waals surface area (Å²) in [6.45, 7) is 4.37. The van der Waals surface area contributed by atoms with Crippen LogP contribution in [0, 0.1) is 0 Å². The highest BCUT2D eigenvalue weighted by Crippen LogP contribution is 2.44. The minimum absolute atomic E-state index is 0.0161. The lowest BCUT2D eigenvalue weighted by Crippen LogP contribution is -2.48. The fourth-order valence-electron chi connectivity index (χ4n) is 4.79. The van der Waals surface area contributed by atoms with E-state index in [9.17, 15) is 4.79 Å². The van der Waals surface area contributed by atoms with Crippen molar-refractivity contribution >= 4 is 34.0 Å². The molecule has 2 aliphatic rings. The van der Waals surface area contributed by atoms with Crippen molar-refractivity contribution in [1.82, 2.24) is 24.5 Å². The summed E-state index contributed by atoms with van der Waals surface area (Å²) in [5.41, 5.74) is 5.03. The number of hydrogen-bond acceptors (Lipinski definition) is 5. The van der Waals surface area contributed by atoms with Crippen molar-refractivity contribution in [1.29, 1.82) is 0 Å². The van der Waals surface area contributed by atoms with Crippen LogP contribution in [0.3, 0.4) is 0 Å². The Bertz CT molecular complexity index is 1350. The van der Waals surface area contributed by atoms with Crippen LogP contribution in [0.1, 0.15) is 32.7 Å². The summed E-state index contributed by atoms with van der Waals surface area (Å²) in [7, 11) is 1.94. The Kier molecular flexibility index (Phi) is 4.11. The lowest BCUT2D eigenvalue weighted by atomic mass is 10.0. The predicted molar refractivity (Wildman–Crippen MR) is 124 cm³/mol. The Labute approximate surface area is 186 Å². The third kappa shape index (κ3) is 2.90. The van der Waals surface area contributed by atoms with Gasteiger partial charge in [-0.05, 0) is 43.5 Å². The average molecular weight is 428 g/mol. The van der Waals surface area contributed by atoms with Crippen molar-refractivity contribution in [2.75, 3.05) is 16.3 Å². The van der Waals surface area contributed by atoms with E-state index in [1.165, 1.54) is 12.8 Å². The lowest BCUT2D eigenvalue weighted by molar-refractivity contribution is -0.117. The molecular formula is C24H25N7O. The molecule has 6 rings (SSSR count). The molecule has 0 bridgehead atoms. The fraction of sp³-hybridized carbons (Fsp3) is 0.333. The second-order valence-electron chi connectivity index (χ2n) is 8.83. The van der Waals surface area contributed by atoms with Crippen LogP contribution in [0.15, 0.2) is 49.1 Å². The zero-order valence-electron chi connectivity index (χ0n) is 18.4. The van der Waals surface area contributed by atoms with Crippen LogP contribution in [0.5, 0.6) is 0 Å². The minimum Gasteiger partial charge on any atom is -0.320 e. The maximum Gasteiger partial charge on any atom is 0.224 e. The van der Waals surface area contributed by atoms with Crippen LogP contribution < -0.4 is 9.80 Å². The number of fused-ring (bicyclic) bond motifs is 2. The molecule has 3 aromatic heterocycles. The van der Waals surface area contributed by atoms with E-state index < -0.39 is 0 Å². The third-order valence-corrected chi connectivity index (χ3v) is 6.50. The number of benzene rings is 1. The van der Waals surface area contributed by atoms with Crippen LogP contribution in [0.4, 0.5) is 17.2 Å². The van der Waals surface area contributed by atoms with E-state index in [2.05, 4.69) is 51.0 Å². The summed E-state index contributed by atoms with van der Waals surface area (Å²) in [6, 6.07) is 8.86. The molecule has 8 nitrogen and oxygen atoms in total. The number of aromatic nitrogens is 5. The number of rotatable bonds is 3. The van der Waals surface area contributed by atoms with Crippen LogP contribution in [0.25, 0.3) is 22.0 Å². The molecule has 1 unspecified atom stereocenters. The molecule has 1 saturated carbocycles. The fourth-order valence-corrected chi connectivity index (χ4v) is 4.79. The summed E-state index contributed by atoms with van der Waals surface area (Å²) < 4.78 is 3.93. The molecule has 4 aromatic rings. The monoisotopic (exact) mass is 427 g/mol. The van der Waals surface area contributed by atoms with Gasteiger partial charge in [-0.25, -0.2) is 0 Å². The van der Waals surface area contributed by atoms with E-state index >= 15 is 0 Å². The molecule has 32 heavy (non-hydrogen) atoms. The van der Waals surface area contributed by atoms with E-state index in [-0.39, 0.29) is 11.9 Å². The van der Waals surface area contributed by atoms with Crippen LogP contribution in [0.2, 0.25) is 0 Å². The zero-order valence-corrected chi connectivity index (χ0v) is 18.4. The normalized spacial score (nSPS) is 18.3. The van der Waals surface area contributed by atoms with E-state index in [1.807, 2.05) is 35.1 Å². The second-order valence-corrected chi connectivity index (χ2v) is 8.83. The molecular weight excluding hydrogens is 402 g/mol. The Morgan fingerprint density at radius 3 is 2.72 bits per heavy atom. The van der Waals surface area contributed by atoms with E-state index in [0.717, 1.165) is 39.2 Å². The van der Waals surface area contributed by atoms with Crippen LogP contribution >= 0.6 is 0 Å². The first kappa shape index (κ1) is 19.0. The van der Waals surface area contributed by atoms with Gasteiger partial charge < -0.3 is 9.80 Å². The van der Waals surface area contributed by atoms with Gasteiger partial charge in [-0.1, -0.05) is 6.07 Å². The maximum absolute atomic E-state index is 12.5. The molecule has 1 aliphatic carbocycles. The number of hydrogen-bond donors (Lipinski definition) is 0. The van der Waals surface area contributed by atoms with Crippen molar-refractivity contribution < 1.29 is 4.79 Å².